The molecule has 4 atom stereocenters. The number of carbonyl (C=O) groups is 3. The number of esters is 1. The van der Waals surface area contributed by atoms with Crippen LogP contribution in [0.5, 0.6) is 5.75 Å². The SMILES string of the molecule is COc1ccc(N2CC(C)CN3C4C(=O)N(CC(=O)OCc5ccccc5)C(=O)N(C)C4NC23)cc1. The van der Waals surface area contributed by atoms with Crippen LogP contribution in [0.15, 0.2) is 54.6 Å². The van der Waals surface area contributed by atoms with Gasteiger partial charge in [-0.25, -0.2) is 4.79 Å². The topological polar surface area (TPSA) is 94.7 Å². The number of ether oxygens (including phenoxy) is 2. The number of anilines is 1. The molecule has 0 bridgehead atoms. The molecular weight excluding hydrogens is 462 g/mol. The first kappa shape index (κ1) is 24.1. The maximum absolute atomic E-state index is 13.6. The van der Waals surface area contributed by atoms with E-state index < -0.39 is 36.7 Å². The van der Waals surface area contributed by atoms with Crippen molar-refractivity contribution < 1.29 is 23.9 Å². The molecule has 3 aliphatic heterocycles. The lowest BCUT2D eigenvalue weighted by molar-refractivity contribution is -0.152. The average Bonchev–Trinajstić information content (AvgIpc) is 3.28. The molecule has 0 spiro atoms. The summed E-state index contributed by atoms with van der Waals surface area (Å²) in [5.41, 5.74) is 1.83. The molecule has 3 saturated heterocycles. The second kappa shape index (κ2) is 9.79. The van der Waals surface area contributed by atoms with Gasteiger partial charge in [0.05, 0.1) is 7.11 Å². The first-order valence-corrected chi connectivity index (χ1v) is 12.1. The minimum Gasteiger partial charge on any atom is -0.497 e. The molecule has 3 heterocycles. The molecule has 3 aliphatic rings. The zero-order valence-corrected chi connectivity index (χ0v) is 20.7. The standard InChI is InChI=1S/C26H31N5O5/c1-17-13-29(19-9-11-20(35-3)12-10-19)25-27-23-22(30(25)14-17)24(33)31(26(34)28(23)2)15-21(32)36-16-18-7-5-4-6-8-18/h4-12,17,22-23,25,27H,13-16H2,1-3H3. The van der Waals surface area contributed by atoms with Crippen LogP contribution in [0.2, 0.25) is 0 Å². The van der Waals surface area contributed by atoms with E-state index in [0.29, 0.717) is 6.54 Å². The van der Waals surface area contributed by atoms with E-state index in [4.69, 9.17) is 9.47 Å². The molecule has 5 rings (SSSR count). The number of fused-ring (bicyclic) bond motifs is 3. The van der Waals surface area contributed by atoms with Crippen LogP contribution in [0, 0.1) is 5.92 Å². The molecule has 4 unspecified atom stereocenters. The first-order valence-electron chi connectivity index (χ1n) is 12.1. The number of urea groups is 1. The average molecular weight is 494 g/mol. The van der Waals surface area contributed by atoms with E-state index in [0.717, 1.165) is 28.4 Å². The predicted octanol–water partition coefficient (Wildman–Crippen LogP) is 1.67. The summed E-state index contributed by atoms with van der Waals surface area (Å²) in [6.45, 7) is 3.28. The Balaban J connectivity index is 1.33. The van der Waals surface area contributed by atoms with Crippen molar-refractivity contribution in [1.29, 1.82) is 0 Å². The lowest BCUT2D eigenvalue weighted by atomic mass is 10.0. The van der Waals surface area contributed by atoms with Gasteiger partial charge < -0.3 is 19.3 Å². The molecule has 10 nitrogen and oxygen atoms in total. The molecule has 10 heteroatoms. The van der Waals surface area contributed by atoms with E-state index in [2.05, 4.69) is 22.0 Å². The van der Waals surface area contributed by atoms with Crippen LogP contribution in [0.25, 0.3) is 0 Å². The molecule has 2 aromatic rings. The first-order chi connectivity index (χ1) is 17.4. The highest BCUT2D eigenvalue weighted by Crippen LogP contribution is 2.34. The molecule has 3 amide bonds. The highest BCUT2D eigenvalue weighted by atomic mass is 16.5. The summed E-state index contributed by atoms with van der Waals surface area (Å²) in [5.74, 6) is 0.0354. The van der Waals surface area contributed by atoms with Crippen LogP contribution in [-0.4, -0.2) is 84.9 Å². The van der Waals surface area contributed by atoms with E-state index in [1.807, 2.05) is 54.6 Å². The third-order valence-electron chi connectivity index (χ3n) is 7.02. The van der Waals surface area contributed by atoms with E-state index in [9.17, 15) is 14.4 Å². The number of likely N-dealkylation sites (N-methyl/N-ethyl adjacent to an activating group) is 1. The molecule has 0 radical (unpaired) electrons. The van der Waals surface area contributed by atoms with Crippen molar-refractivity contribution in [3.05, 3.63) is 60.2 Å². The van der Waals surface area contributed by atoms with Gasteiger partial charge in [0.25, 0.3) is 5.91 Å². The van der Waals surface area contributed by atoms with Gasteiger partial charge in [0.2, 0.25) is 0 Å². The third-order valence-corrected chi connectivity index (χ3v) is 7.02. The number of benzene rings is 2. The Morgan fingerprint density at radius 2 is 1.78 bits per heavy atom. The van der Waals surface area contributed by atoms with Crippen LogP contribution in [0.4, 0.5) is 10.5 Å². The molecule has 0 aromatic heterocycles. The van der Waals surface area contributed by atoms with Crippen molar-refractivity contribution in [2.75, 3.05) is 38.7 Å². The quantitative estimate of drug-likeness (QED) is 0.608. The summed E-state index contributed by atoms with van der Waals surface area (Å²) in [6, 6.07) is 15.9. The molecule has 0 aliphatic carbocycles. The summed E-state index contributed by atoms with van der Waals surface area (Å²) in [4.78, 5) is 46.1. The van der Waals surface area contributed by atoms with Gasteiger partial charge in [-0.05, 0) is 35.7 Å². The van der Waals surface area contributed by atoms with E-state index in [-0.39, 0.29) is 18.8 Å². The van der Waals surface area contributed by atoms with E-state index >= 15 is 0 Å². The summed E-state index contributed by atoms with van der Waals surface area (Å²) in [5, 5.41) is 3.49. The number of nitrogens with one attached hydrogen (secondary N) is 1. The van der Waals surface area contributed by atoms with Gasteiger partial charge in [-0.15, -0.1) is 0 Å². The summed E-state index contributed by atoms with van der Waals surface area (Å²) in [7, 11) is 3.28. The summed E-state index contributed by atoms with van der Waals surface area (Å²) in [6.07, 6.45) is -0.772. The second-order valence-electron chi connectivity index (χ2n) is 9.55. The maximum atomic E-state index is 13.6. The largest absolute Gasteiger partial charge is 0.497 e. The fourth-order valence-electron chi connectivity index (χ4n) is 5.25. The van der Waals surface area contributed by atoms with Gasteiger partial charge in [0, 0.05) is 25.8 Å². The number of hydrogen-bond acceptors (Lipinski definition) is 8. The zero-order chi connectivity index (χ0) is 25.4. The molecular formula is C26H31N5O5. The number of carbonyl (C=O) groups excluding carboxylic acids is 3. The Labute approximate surface area is 210 Å². The van der Waals surface area contributed by atoms with Crippen LogP contribution in [-0.2, 0) is 20.9 Å². The van der Waals surface area contributed by atoms with Gasteiger partial charge >= 0.3 is 12.0 Å². The Morgan fingerprint density at radius 1 is 1.06 bits per heavy atom. The van der Waals surface area contributed by atoms with Crippen molar-refractivity contribution in [2.45, 2.75) is 32.0 Å². The Hall–Kier alpha value is -3.63. The highest BCUT2D eigenvalue weighted by Gasteiger charge is 2.57. The lowest BCUT2D eigenvalue weighted by Gasteiger charge is -2.45. The monoisotopic (exact) mass is 493 g/mol. The number of nitrogens with zero attached hydrogens (tertiary/aromatic N) is 4. The minimum absolute atomic E-state index is 0.0852. The molecule has 190 valence electrons. The maximum Gasteiger partial charge on any atom is 0.328 e. The van der Waals surface area contributed by atoms with E-state index in [1.54, 1.807) is 14.2 Å². The highest BCUT2D eigenvalue weighted by molar-refractivity contribution is 6.02. The fourth-order valence-corrected chi connectivity index (χ4v) is 5.25. The van der Waals surface area contributed by atoms with Crippen molar-refractivity contribution in [1.82, 2.24) is 20.0 Å². The molecule has 36 heavy (non-hydrogen) atoms. The fraction of sp³-hybridized carbons (Fsp3) is 0.423. The number of hydrogen-bond donors (Lipinski definition) is 1. The van der Waals surface area contributed by atoms with Gasteiger partial charge in [-0.2, -0.15) is 0 Å². The van der Waals surface area contributed by atoms with Crippen LogP contribution >= 0.6 is 0 Å². The van der Waals surface area contributed by atoms with Crippen molar-refractivity contribution >= 4 is 23.6 Å². The summed E-state index contributed by atoms with van der Waals surface area (Å²) >= 11 is 0. The Morgan fingerprint density at radius 3 is 2.47 bits per heavy atom. The number of methoxy groups -OCH3 is 1. The Kier molecular flexibility index (Phi) is 6.55. The Bertz CT molecular complexity index is 1130. The smallest absolute Gasteiger partial charge is 0.328 e. The van der Waals surface area contributed by atoms with Gasteiger partial charge in [0.15, 0.2) is 0 Å². The van der Waals surface area contributed by atoms with Gasteiger partial charge in [-0.1, -0.05) is 37.3 Å². The van der Waals surface area contributed by atoms with Crippen molar-refractivity contribution in [2.24, 2.45) is 5.92 Å². The molecule has 2 aromatic carbocycles. The van der Waals surface area contributed by atoms with Crippen LogP contribution in [0.1, 0.15) is 12.5 Å². The minimum atomic E-state index is -0.623. The lowest BCUT2D eigenvalue weighted by Crippen LogP contribution is -2.67. The predicted molar refractivity (Wildman–Crippen MR) is 132 cm³/mol. The van der Waals surface area contributed by atoms with Gasteiger partial charge in [-0.3, -0.25) is 24.7 Å². The van der Waals surface area contributed by atoms with E-state index in [1.165, 1.54) is 4.90 Å². The number of imide groups is 1. The van der Waals surface area contributed by atoms with Crippen LogP contribution < -0.4 is 15.0 Å². The molecule has 3 fully saturated rings. The molecule has 1 N–H and O–H groups in total. The van der Waals surface area contributed by atoms with Crippen LogP contribution in [0.3, 0.4) is 0 Å². The number of amides is 3. The summed E-state index contributed by atoms with van der Waals surface area (Å²) < 4.78 is 10.6. The zero-order valence-electron chi connectivity index (χ0n) is 20.7. The normalized spacial score (nSPS) is 26.0. The number of rotatable bonds is 6. The van der Waals surface area contributed by atoms with Crippen molar-refractivity contribution in [3.8, 4) is 5.75 Å². The second-order valence-corrected chi connectivity index (χ2v) is 9.55. The molecule has 0 saturated carbocycles. The van der Waals surface area contributed by atoms with Crippen molar-refractivity contribution in [3.63, 3.8) is 0 Å². The third kappa shape index (κ3) is 4.38. The van der Waals surface area contributed by atoms with Gasteiger partial charge in [0.1, 0.15) is 37.4 Å².